The van der Waals surface area contributed by atoms with Gasteiger partial charge in [-0.25, -0.2) is 0 Å². The summed E-state index contributed by atoms with van der Waals surface area (Å²) in [5, 5.41) is 0. The lowest BCUT2D eigenvalue weighted by Crippen LogP contribution is -2.38. The molecule has 1 amide bonds. The molecule has 1 saturated heterocycles. The van der Waals surface area contributed by atoms with Gasteiger partial charge in [-0.1, -0.05) is 38.0 Å². The zero-order valence-electron chi connectivity index (χ0n) is 11.1. The van der Waals surface area contributed by atoms with E-state index in [0.29, 0.717) is 5.92 Å². The van der Waals surface area contributed by atoms with E-state index in [9.17, 15) is 4.79 Å². The van der Waals surface area contributed by atoms with E-state index in [1.54, 1.807) is 0 Å². The third-order valence-corrected chi connectivity index (χ3v) is 3.64. The summed E-state index contributed by atoms with van der Waals surface area (Å²) in [6.45, 7) is 4.02. The van der Waals surface area contributed by atoms with E-state index in [1.807, 2.05) is 35.2 Å². The highest BCUT2D eigenvalue weighted by atomic mass is 16.2. The van der Waals surface area contributed by atoms with Crippen LogP contribution >= 0.6 is 0 Å². The van der Waals surface area contributed by atoms with Crippen LogP contribution in [0.2, 0.25) is 0 Å². The summed E-state index contributed by atoms with van der Waals surface area (Å²) in [6, 6.07) is 9.60. The van der Waals surface area contributed by atoms with Gasteiger partial charge >= 0.3 is 0 Å². The number of nitrogens with zero attached hydrogens (tertiary/aromatic N) is 1. The molecule has 0 aromatic heterocycles. The molecule has 1 aromatic carbocycles. The zero-order valence-corrected chi connectivity index (χ0v) is 11.1. The largest absolute Gasteiger partial charge is 0.339 e. The normalized spacial score (nSPS) is 16.8. The molecule has 0 unspecified atom stereocenters. The van der Waals surface area contributed by atoms with Gasteiger partial charge in [0.2, 0.25) is 0 Å². The first-order chi connectivity index (χ1) is 8.81. The van der Waals surface area contributed by atoms with E-state index < -0.39 is 0 Å². The van der Waals surface area contributed by atoms with Gasteiger partial charge in [0.25, 0.3) is 5.91 Å². The molecule has 1 radical (unpaired) electrons. The number of hydrogen-bond donors (Lipinski definition) is 0. The number of carbonyl (C=O) groups excluding carboxylic acids is 1. The second kappa shape index (κ2) is 6.58. The van der Waals surface area contributed by atoms with Crippen molar-refractivity contribution >= 4 is 5.91 Å². The Morgan fingerprint density at radius 2 is 1.94 bits per heavy atom. The zero-order chi connectivity index (χ0) is 12.8. The SMILES string of the molecule is CCC[CH]C1CCN(C(=O)c2ccccc2)CC1. The number of unbranched alkanes of at least 4 members (excludes halogenated alkanes) is 1. The minimum atomic E-state index is 0.185. The maximum atomic E-state index is 12.2. The summed E-state index contributed by atoms with van der Waals surface area (Å²) in [5.41, 5.74) is 0.813. The Hall–Kier alpha value is -1.31. The van der Waals surface area contributed by atoms with Crippen LogP contribution in [0.25, 0.3) is 0 Å². The average Bonchev–Trinajstić information content (AvgIpc) is 2.46. The van der Waals surface area contributed by atoms with Gasteiger partial charge in [0.15, 0.2) is 0 Å². The van der Waals surface area contributed by atoms with Crippen LogP contribution < -0.4 is 0 Å². The van der Waals surface area contributed by atoms with Crippen molar-refractivity contribution in [3.63, 3.8) is 0 Å². The molecule has 97 valence electrons. The molecule has 0 aliphatic carbocycles. The fraction of sp³-hybridized carbons (Fsp3) is 0.500. The molecular weight excluding hydrogens is 222 g/mol. The molecule has 1 aromatic rings. The van der Waals surface area contributed by atoms with Gasteiger partial charge in [-0.05, 0) is 37.3 Å². The van der Waals surface area contributed by atoms with Crippen molar-refractivity contribution in [3.8, 4) is 0 Å². The van der Waals surface area contributed by atoms with Crippen LogP contribution in [0.3, 0.4) is 0 Å². The number of piperidine rings is 1. The van der Waals surface area contributed by atoms with Gasteiger partial charge in [-0.15, -0.1) is 0 Å². The summed E-state index contributed by atoms with van der Waals surface area (Å²) in [6.07, 6.45) is 7.11. The molecule has 0 atom stereocenters. The van der Waals surface area contributed by atoms with Crippen LogP contribution in [-0.4, -0.2) is 23.9 Å². The summed E-state index contributed by atoms with van der Waals surface area (Å²) in [5.74, 6) is 0.898. The summed E-state index contributed by atoms with van der Waals surface area (Å²) < 4.78 is 0. The van der Waals surface area contributed by atoms with Gasteiger partial charge in [0, 0.05) is 18.7 Å². The summed E-state index contributed by atoms with van der Waals surface area (Å²) >= 11 is 0. The Labute approximate surface area is 110 Å². The van der Waals surface area contributed by atoms with E-state index in [4.69, 9.17) is 0 Å². The van der Waals surface area contributed by atoms with Crippen molar-refractivity contribution in [2.75, 3.05) is 13.1 Å². The highest BCUT2D eigenvalue weighted by Gasteiger charge is 2.22. The molecule has 1 aliphatic heterocycles. The first-order valence-electron chi connectivity index (χ1n) is 6.99. The minimum absolute atomic E-state index is 0.185. The predicted octanol–water partition coefficient (Wildman–Crippen LogP) is 3.54. The minimum Gasteiger partial charge on any atom is -0.339 e. The van der Waals surface area contributed by atoms with Gasteiger partial charge < -0.3 is 4.90 Å². The quantitative estimate of drug-likeness (QED) is 0.793. The maximum absolute atomic E-state index is 12.2. The van der Waals surface area contributed by atoms with Gasteiger partial charge in [-0.3, -0.25) is 4.79 Å². The molecule has 1 heterocycles. The van der Waals surface area contributed by atoms with Gasteiger partial charge in [-0.2, -0.15) is 0 Å². The molecule has 1 fully saturated rings. The molecular formula is C16H22NO. The Bertz CT molecular complexity index is 366. The summed E-state index contributed by atoms with van der Waals surface area (Å²) in [4.78, 5) is 14.2. The lowest BCUT2D eigenvalue weighted by atomic mass is 9.91. The molecule has 1 aliphatic rings. The molecule has 18 heavy (non-hydrogen) atoms. The second-order valence-electron chi connectivity index (χ2n) is 5.02. The average molecular weight is 244 g/mol. The number of rotatable bonds is 4. The van der Waals surface area contributed by atoms with Crippen molar-refractivity contribution in [1.29, 1.82) is 0 Å². The fourth-order valence-corrected chi connectivity index (χ4v) is 2.50. The molecule has 2 heteroatoms. The molecule has 0 N–H and O–H groups in total. The monoisotopic (exact) mass is 244 g/mol. The van der Waals surface area contributed by atoms with Crippen molar-refractivity contribution in [2.24, 2.45) is 5.92 Å². The van der Waals surface area contributed by atoms with Crippen molar-refractivity contribution in [2.45, 2.75) is 32.6 Å². The van der Waals surface area contributed by atoms with Crippen LogP contribution in [0.1, 0.15) is 43.0 Å². The van der Waals surface area contributed by atoms with E-state index in [2.05, 4.69) is 13.3 Å². The highest BCUT2D eigenvalue weighted by molar-refractivity contribution is 5.94. The van der Waals surface area contributed by atoms with Gasteiger partial charge in [0.1, 0.15) is 0 Å². The molecule has 2 nitrogen and oxygen atoms in total. The first-order valence-corrected chi connectivity index (χ1v) is 6.99. The first kappa shape index (κ1) is 13.1. The van der Waals surface area contributed by atoms with E-state index in [1.165, 1.54) is 12.8 Å². The highest BCUT2D eigenvalue weighted by Crippen LogP contribution is 2.22. The molecule has 0 saturated carbocycles. The maximum Gasteiger partial charge on any atom is 0.253 e. The van der Waals surface area contributed by atoms with Crippen molar-refractivity contribution < 1.29 is 4.79 Å². The third kappa shape index (κ3) is 3.34. The van der Waals surface area contributed by atoms with E-state index in [0.717, 1.165) is 31.5 Å². The topological polar surface area (TPSA) is 20.3 Å². The van der Waals surface area contributed by atoms with Crippen LogP contribution in [0.4, 0.5) is 0 Å². The van der Waals surface area contributed by atoms with Crippen LogP contribution in [0, 0.1) is 12.3 Å². The lowest BCUT2D eigenvalue weighted by molar-refractivity contribution is 0.0700. The van der Waals surface area contributed by atoms with Crippen molar-refractivity contribution in [1.82, 2.24) is 4.90 Å². The Morgan fingerprint density at radius 3 is 2.56 bits per heavy atom. The standard InChI is InChI=1S/C16H22NO/c1-2-3-7-14-10-12-17(13-11-14)16(18)15-8-5-4-6-9-15/h4-9,14H,2-3,10-13H2,1H3. The number of amides is 1. The number of carbonyl (C=O) groups is 1. The smallest absolute Gasteiger partial charge is 0.253 e. The number of benzene rings is 1. The third-order valence-electron chi connectivity index (χ3n) is 3.64. The molecule has 0 bridgehead atoms. The van der Waals surface area contributed by atoms with E-state index >= 15 is 0 Å². The van der Waals surface area contributed by atoms with Crippen LogP contribution in [-0.2, 0) is 0 Å². The van der Waals surface area contributed by atoms with Crippen LogP contribution in [0.5, 0.6) is 0 Å². The number of likely N-dealkylation sites (tertiary alicyclic amines) is 1. The van der Waals surface area contributed by atoms with Crippen LogP contribution in [0.15, 0.2) is 30.3 Å². The van der Waals surface area contributed by atoms with Crippen molar-refractivity contribution in [3.05, 3.63) is 42.3 Å². The predicted molar refractivity (Wildman–Crippen MR) is 74.3 cm³/mol. The molecule has 0 spiro atoms. The van der Waals surface area contributed by atoms with E-state index in [-0.39, 0.29) is 5.91 Å². The Kier molecular flexibility index (Phi) is 4.80. The second-order valence-corrected chi connectivity index (χ2v) is 5.02. The summed E-state index contributed by atoms with van der Waals surface area (Å²) in [7, 11) is 0. The Balaban J connectivity index is 1.84. The number of hydrogen-bond acceptors (Lipinski definition) is 1. The molecule has 2 rings (SSSR count). The Morgan fingerprint density at radius 1 is 1.28 bits per heavy atom. The lowest BCUT2D eigenvalue weighted by Gasteiger charge is -2.32. The fourth-order valence-electron chi connectivity index (χ4n) is 2.50. The van der Waals surface area contributed by atoms with Gasteiger partial charge in [0.05, 0.1) is 0 Å².